The summed E-state index contributed by atoms with van der Waals surface area (Å²) >= 11 is 0. The molecule has 0 aliphatic carbocycles. The van der Waals surface area contributed by atoms with Gasteiger partial charge in [-0.1, -0.05) is 12.1 Å². The van der Waals surface area contributed by atoms with Crippen LogP contribution in [-0.4, -0.2) is 35.9 Å². The Kier molecular flexibility index (Phi) is 3.14. The van der Waals surface area contributed by atoms with Gasteiger partial charge < -0.3 is 5.11 Å². The molecule has 0 radical (unpaired) electrons. The Morgan fingerprint density at radius 3 is 2.78 bits per heavy atom. The summed E-state index contributed by atoms with van der Waals surface area (Å²) in [6.45, 7) is 3.82. The van der Waals surface area contributed by atoms with Gasteiger partial charge in [0, 0.05) is 7.05 Å². The van der Waals surface area contributed by atoms with E-state index in [1.807, 2.05) is 27.1 Å². The number of aliphatic carboxylic acids is 1. The van der Waals surface area contributed by atoms with Gasteiger partial charge in [0.25, 0.3) is 0 Å². The van der Waals surface area contributed by atoms with E-state index >= 15 is 0 Å². The van der Waals surface area contributed by atoms with Crippen molar-refractivity contribution in [2.45, 2.75) is 26.7 Å². The van der Waals surface area contributed by atoms with Crippen molar-refractivity contribution in [2.75, 3.05) is 0 Å². The van der Waals surface area contributed by atoms with E-state index in [-0.39, 0.29) is 6.42 Å². The van der Waals surface area contributed by atoms with Crippen molar-refractivity contribution in [1.29, 1.82) is 0 Å². The van der Waals surface area contributed by atoms with Crippen molar-refractivity contribution in [1.82, 2.24) is 24.8 Å². The molecule has 0 saturated heterocycles. The molecule has 0 aromatic carbocycles. The molecular weight excluding hydrogens is 234 g/mol. The molecule has 18 heavy (non-hydrogen) atoms. The molecule has 2 aromatic heterocycles. The lowest BCUT2D eigenvalue weighted by molar-refractivity contribution is -0.136. The minimum absolute atomic E-state index is 0.118. The van der Waals surface area contributed by atoms with Crippen molar-refractivity contribution >= 4 is 5.97 Å². The summed E-state index contributed by atoms with van der Waals surface area (Å²) in [6.07, 6.45) is 2.52. The van der Waals surface area contributed by atoms with Gasteiger partial charge in [0.2, 0.25) is 0 Å². The molecule has 0 unspecified atom stereocenters. The fraction of sp³-hybridized carbons (Fsp3) is 0.455. The highest BCUT2D eigenvalue weighted by Gasteiger charge is 2.16. The van der Waals surface area contributed by atoms with E-state index in [1.165, 1.54) is 0 Å². The van der Waals surface area contributed by atoms with Crippen LogP contribution in [-0.2, 0) is 24.7 Å². The molecule has 2 aromatic rings. The maximum Gasteiger partial charge on any atom is 0.309 e. The van der Waals surface area contributed by atoms with Gasteiger partial charge in [0.15, 0.2) is 0 Å². The van der Waals surface area contributed by atoms with Crippen molar-refractivity contribution in [3.8, 4) is 5.69 Å². The zero-order chi connectivity index (χ0) is 13.3. The molecule has 0 saturated carbocycles. The molecule has 0 fully saturated rings. The summed E-state index contributed by atoms with van der Waals surface area (Å²) in [5.74, 6) is -0.910. The van der Waals surface area contributed by atoms with E-state index < -0.39 is 5.97 Å². The normalized spacial score (nSPS) is 10.8. The van der Waals surface area contributed by atoms with Gasteiger partial charge in [-0.25, -0.2) is 4.68 Å². The number of nitrogens with zero attached hydrogens (tertiary/aromatic N) is 5. The van der Waals surface area contributed by atoms with Gasteiger partial charge in [0.05, 0.1) is 29.7 Å². The van der Waals surface area contributed by atoms with Crippen LogP contribution in [0.4, 0.5) is 0 Å². The quantitative estimate of drug-likeness (QED) is 0.852. The second-order valence-corrected chi connectivity index (χ2v) is 4.09. The molecule has 1 N–H and O–H groups in total. The van der Waals surface area contributed by atoms with E-state index in [2.05, 4.69) is 15.4 Å². The van der Waals surface area contributed by atoms with E-state index in [0.29, 0.717) is 5.69 Å². The number of aromatic nitrogens is 5. The van der Waals surface area contributed by atoms with Gasteiger partial charge >= 0.3 is 5.97 Å². The molecule has 0 aliphatic heterocycles. The van der Waals surface area contributed by atoms with Crippen LogP contribution in [0.2, 0.25) is 0 Å². The SMILES string of the molecule is CCc1nn(C)cc1-n1nnc(CC(=O)O)c1C. The smallest absolute Gasteiger partial charge is 0.309 e. The minimum Gasteiger partial charge on any atom is -0.481 e. The molecule has 0 amide bonds. The fourth-order valence-corrected chi connectivity index (χ4v) is 1.85. The average molecular weight is 249 g/mol. The lowest BCUT2D eigenvalue weighted by atomic mass is 10.2. The van der Waals surface area contributed by atoms with Gasteiger partial charge in [0.1, 0.15) is 5.69 Å². The molecular formula is C11H15N5O2. The van der Waals surface area contributed by atoms with Crippen LogP contribution in [0.5, 0.6) is 0 Å². The molecule has 2 rings (SSSR count). The number of carbonyl (C=O) groups is 1. The van der Waals surface area contributed by atoms with Crippen molar-refractivity contribution in [2.24, 2.45) is 7.05 Å². The van der Waals surface area contributed by atoms with Crippen LogP contribution in [0.15, 0.2) is 6.20 Å². The largest absolute Gasteiger partial charge is 0.481 e. The first kappa shape index (κ1) is 12.3. The zero-order valence-electron chi connectivity index (χ0n) is 10.6. The summed E-state index contributed by atoms with van der Waals surface area (Å²) in [5.41, 5.74) is 2.97. The van der Waals surface area contributed by atoms with E-state index in [1.54, 1.807) is 9.36 Å². The Bertz CT molecular complexity index is 584. The van der Waals surface area contributed by atoms with Crippen molar-refractivity contribution in [3.63, 3.8) is 0 Å². The maximum absolute atomic E-state index is 10.7. The van der Waals surface area contributed by atoms with Gasteiger partial charge in [-0.15, -0.1) is 5.10 Å². The van der Waals surface area contributed by atoms with Crippen LogP contribution < -0.4 is 0 Å². The summed E-state index contributed by atoms with van der Waals surface area (Å²) in [4.78, 5) is 10.7. The minimum atomic E-state index is -0.910. The summed E-state index contributed by atoms with van der Waals surface area (Å²) in [5, 5.41) is 21.0. The first-order valence-electron chi connectivity index (χ1n) is 5.68. The van der Waals surface area contributed by atoms with Crippen molar-refractivity contribution in [3.05, 3.63) is 23.3 Å². The summed E-state index contributed by atoms with van der Waals surface area (Å²) < 4.78 is 3.36. The standard InChI is InChI=1S/C11H15N5O2/c1-4-8-10(6-15(3)13-8)16-7(2)9(12-14-16)5-11(17)18/h6H,4-5H2,1-3H3,(H,17,18). The molecule has 96 valence electrons. The highest BCUT2D eigenvalue weighted by Crippen LogP contribution is 2.16. The third kappa shape index (κ3) is 2.11. The maximum atomic E-state index is 10.7. The van der Waals surface area contributed by atoms with Crippen molar-refractivity contribution < 1.29 is 9.90 Å². The number of rotatable bonds is 4. The number of carboxylic acid groups (broad SMARTS) is 1. The Morgan fingerprint density at radius 2 is 2.17 bits per heavy atom. The number of hydrogen-bond acceptors (Lipinski definition) is 4. The van der Waals surface area contributed by atoms with Crippen LogP contribution >= 0.6 is 0 Å². The first-order valence-corrected chi connectivity index (χ1v) is 5.68. The lowest BCUT2D eigenvalue weighted by Crippen LogP contribution is -2.04. The number of aryl methyl sites for hydroxylation is 2. The van der Waals surface area contributed by atoms with E-state index in [4.69, 9.17) is 5.11 Å². The predicted molar refractivity (Wildman–Crippen MR) is 63.6 cm³/mol. The predicted octanol–water partition coefficient (Wildman–Crippen LogP) is 0.499. The average Bonchev–Trinajstić information content (AvgIpc) is 2.83. The fourth-order valence-electron chi connectivity index (χ4n) is 1.85. The van der Waals surface area contributed by atoms with E-state index in [9.17, 15) is 4.79 Å². The van der Waals surface area contributed by atoms with Crippen LogP contribution in [0.25, 0.3) is 5.69 Å². The molecule has 7 nitrogen and oxygen atoms in total. The molecule has 0 aliphatic rings. The molecule has 2 heterocycles. The second kappa shape index (κ2) is 4.59. The zero-order valence-corrected chi connectivity index (χ0v) is 10.6. The van der Waals surface area contributed by atoms with Crippen LogP contribution in [0.1, 0.15) is 24.0 Å². The highest BCUT2D eigenvalue weighted by molar-refractivity contribution is 5.69. The highest BCUT2D eigenvalue weighted by atomic mass is 16.4. The molecule has 7 heteroatoms. The first-order chi connectivity index (χ1) is 8.52. The second-order valence-electron chi connectivity index (χ2n) is 4.09. The van der Waals surface area contributed by atoms with Gasteiger partial charge in [-0.05, 0) is 13.3 Å². The monoisotopic (exact) mass is 249 g/mol. The molecule has 0 atom stereocenters. The molecule has 0 spiro atoms. The van der Waals surface area contributed by atoms with Gasteiger partial charge in [-0.2, -0.15) is 5.10 Å². The molecule has 0 bridgehead atoms. The number of carboxylic acids is 1. The topological polar surface area (TPSA) is 85.8 Å². The Morgan fingerprint density at radius 1 is 1.44 bits per heavy atom. The van der Waals surface area contributed by atoms with E-state index in [0.717, 1.165) is 23.5 Å². The Balaban J connectivity index is 2.45. The third-order valence-electron chi connectivity index (χ3n) is 2.76. The summed E-state index contributed by atoms with van der Waals surface area (Å²) in [6, 6.07) is 0. The Labute approximate surface area is 104 Å². The van der Waals surface area contributed by atoms with Gasteiger partial charge in [-0.3, -0.25) is 9.48 Å². The van der Waals surface area contributed by atoms with Crippen LogP contribution in [0.3, 0.4) is 0 Å². The Hall–Kier alpha value is -2.18. The van der Waals surface area contributed by atoms with Crippen LogP contribution in [0, 0.1) is 6.92 Å². The lowest BCUT2D eigenvalue weighted by Gasteiger charge is -2.01. The summed E-state index contributed by atoms with van der Waals surface area (Å²) in [7, 11) is 1.84. The third-order valence-corrected chi connectivity index (χ3v) is 2.76. The number of hydrogen-bond donors (Lipinski definition) is 1.